The fraction of sp³-hybridized carbons (Fsp3) is 1.00. The summed E-state index contributed by atoms with van der Waals surface area (Å²) in [5.41, 5.74) is 4.98. The largest absolute Gasteiger partial charge is 0.329 e. The Morgan fingerprint density at radius 2 is 1.89 bits per heavy atom. The van der Waals surface area contributed by atoms with Crippen molar-refractivity contribution >= 4 is 19.9 Å². The molecular formula is C10H22N2O4S2. The number of rotatable bonds is 6. The van der Waals surface area contributed by atoms with Crippen LogP contribution in [0.3, 0.4) is 0 Å². The van der Waals surface area contributed by atoms with Gasteiger partial charge in [0.2, 0.25) is 10.0 Å². The zero-order chi connectivity index (χ0) is 14.0. The van der Waals surface area contributed by atoms with Crippen LogP contribution < -0.4 is 10.5 Å². The highest BCUT2D eigenvalue weighted by Crippen LogP contribution is 2.22. The van der Waals surface area contributed by atoms with Gasteiger partial charge in [-0.3, -0.25) is 0 Å². The third-order valence-corrected chi connectivity index (χ3v) is 7.71. The Morgan fingerprint density at radius 3 is 2.22 bits per heavy atom. The average molecular weight is 298 g/mol. The zero-order valence-electron chi connectivity index (χ0n) is 10.8. The Labute approximate surface area is 109 Å². The van der Waals surface area contributed by atoms with Crippen molar-refractivity contribution < 1.29 is 16.8 Å². The molecule has 0 bridgehead atoms. The lowest BCUT2D eigenvalue weighted by Crippen LogP contribution is -2.55. The average Bonchev–Trinajstić information content (AvgIpc) is 2.67. The molecule has 0 spiro atoms. The predicted molar refractivity (Wildman–Crippen MR) is 71.5 cm³/mol. The third-order valence-electron chi connectivity index (χ3n) is 3.73. The van der Waals surface area contributed by atoms with E-state index in [-0.39, 0.29) is 24.5 Å². The smallest absolute Gasteiger partial charge is 0.216 e. The van der Waals surface area contributed by atoms with E-state index >= 15 is 0 Å². The summed E-state index contributed by atoms with van der Waals surface area (Å²) in [6.45, 7) is 3.94. The van der Waals surface area contributed by atoms with Gasteiger partial charge < -0.3 is 5.73 Å². The topological polar surface area (TPSA) is 106 Å². The van der Waals surface area contributed by atoms with Crippen LogP contribution in [0.5, 0.6) is 0 Å². The zero-order valence-corrected chi connectivity index (χ0v) is 12.5. The van der Waals surface area contributed by atoms with E-state index in [4.69, 9.17) is 5.73 Å². The lowest BCUT2D eigenvalue weighted by Gasteiger charge is -2.32. The lowest BCUT2D eigenvalue weighted by molar-refractivity contribution is 0.361. The SMILES string of the molecule is CCC(CC)(CN)NS(=O)(=O)C1CCS(=O)(=O)C1. The predicted octanol–water partition coefficient (Wildman–Crippen LogP) is -0.390. The molecule has 1 saturated heterocycles. The summed E-state index contributed by atoms with van der Waals surface area (Å²) in [6, 6.07) is 0. The molecule has 1 rings (SSSR count). The maximum absolute atomic E-state index is 12.2. The maximum Gasteiger partial charge on any atom is 0.216 e. The van der Waals surface area contributed by atoms with Gasteiger partial charge in [0.1, 0.15) is 0 Å². The second kappa shape index (κ2) is 5.44. The van der Waals surface area contributed by atoms with Crippen LogP contribution in [0, 0.1) is 0 Å². The first-order valence-corrected chi connectivity index (χ1v) is 9.50. The van der Waals surface area contributed by atoms with E-state index in [0.29, 0.717) is 12.8 Å². The van der Waals surface area contributed by atoms with E-state index in [1.165, 1.54) is 0 Å². The molecule has 108 valence electrons. The van der Waals surface area contributed by atoms with Gasteiger partial charge in [-0.05, 0) is 19.3 Å². The minimum atomic E-state index is -3.63. The number of nitrogens with one attached hydrogen (secondary N) is 1. The van der Waals surface area contributed by atoms with Crippen LogP contribution in [0.2, 0.25) is 0 Å². The van der Waals surface area contributed by atoms with Crippen LogP contribution >= 0.6 is 0 Å². The highest BCUT2D eigenvalue weighted by Gasteiger charge is 2.40. The number of sulfone groups is 1. The molecule has 0 amide bonds. The Bertz CT molecular complexity index is 472. The van der Waals surface area contributed by atoms with Crippen molar-refractivity contribution in [2.24, 2.45) is 5.73 Å². The van der Waals surface area contributed by atoms with Crippen LogP contribution in [0.1, 0.15) is 33.1 Å². The molecule has 8 heteroatoms. The summed E-state index contributed by atoms with van der Waals surface area (Å²) in [6.07, 6.45) is 1.34. The number of hydrogen-bond acceptors (Lipinski definition) is 5. The molecule has 1 aliphatic rings. The molecule has 0 radical (unpaired) electrons. The van der Waals surface area contributed by atoms with Crippen molar-refractivity contribution in [3.05, 3.63) is 0 Å². The summed E-state index contributed by atoms with van der Waals surface area (Å²) in [5.74, 6) is -0.330. The van der Waals surface area contributed by atoms with Crippen molar-refractivity contribution in [3.63, 3.8) is 0 Å². The Morgan fingerprint density at radius 1 is 1.33 bits per heavy atom. The quantitative estimate of drug-likeness (QED) is 0.694. The standard InChI is InChI=1S/C10H22N2O4S2/c1-3-10(4-2,8-11)12-18(15,16)9-5-6-17(13,14)7-9/h9,12H,3-8,11H2,1-2H3. The minimum absolute atomic E-state index is 0.0492. The minimum Gasteiger partial charge on any atom is -0.329 e. The van der Waals surface area contributed by atoms with Crippen LogP contribution in [0.4, 0.5) is 0 Å². The Balaban J connectivity index is 2.89. The molecule has 1 aliphatic heterocycles. The van der Waals surface area contributed by atoms with Gasteiger partial charge in [0.15, 0.2) is 9.84 Å². The number of hydrogen-bond donors (Lipinski definition) is 2. The lowest BCUT2D eigenvalue weighted by atomic mass is 9.95. The van der Waals surface area contributed by atoms with Crippen molar-refractivity contribution in [2.75, 3.05) is 18.1 Å². The molecule has 1 unspecified atom stereocenters. The first-order valence-electron chi connectivity index (χ1n) is 6.13. The van der Waals surface area contributed by atoms with Gasteiger partial charge in [-0.25, -0.2) is 21.6 Å². The maximum atomic E-state index is 12.2. The van der Waals surface area contributed by atoms with E-state index in [0.717, 1.165) is 0 Å². The highest BCUT2D eigenvalue weighted by atomic mass is 32.2. The van der Waals surface area contributed by atoms with E-state index in [1.807, 2.05) is 13.8 Å². The van der Waals surface area contributed by atoms with Crippen molar-refractivity contribution in [2.45, 2.75) is 43.9 Å². The first kappa shape index (κ1) is 15.9. The molecular weight excluding hydrogens is 276 g/mol. The van der Waals surface area contributed by atoms with Gasteiger partial charge in [0, 0.05) is 12.1 Å². The van der Waals surface area contributed by atoms with Crippen LogP contribution in [0.15, 0.2) is 0 Å². The second-order valence-corrected chi connectivity index (χ2v) is 9.05. The molecule has 18 heavy (non-hydrogen) atoms. The number of nitrogens with two attached hydrogens (primary N) is 1. The molecule has 0 aromatic rings. The summed E-state index contributed by atoms with van der Waals surface area (Å²) in [7, 11) is -6.84. The second-order valence-electron chi connectivity index (χ2n) is 4.86. The summed E-state index contributed by atoms with van der Waals surface area (Å²) < 4.78 is 49.7. The van der Waals surface area contributed by atoms with E-state index < -0.39 is 30.6 Å². The first-order chi connectivity index (χ1) is 8.20. The van der Waals surface area contributed by atoms with Gasteiger partial charge >= 0.3 is 0 Å². The van der Waals surface area contributed by atoms with Gasteiger partial charge in [-0.2, -0.15) is 0 Å². The molecule has 0 aromatic heterocycles. The van der Waals surface area contributed by atoms with Crippen LogP contribution in [0.25, 0.3) is 0 Å². The van der Waals surface area contributed by atoms with Gasteiger partial charge in [-0.15, -0.1) is 0 Å². The van der Waals surface area contributed by atoms with E-state index in [2.05, 4.69) is 4.72 Å². The molecule has 0 aliphatic carbocycles. The molecule has 6 nitrogen and oxygen atoms in total. The summed E-state index contributed by atoms with van der Waals surface area (Å²) in [4.78, 5) is 0. The normalized spacial score (nSPS) is 24.3. The van der Waals surface area contributed by atoms with Gasteiger partial charge in [-0.1, -0.05) is 13.8 Å². The monoisotopic (exact) mass is 298 g/mol. The molecule has 3 N–H and O–H groups in total. The number of sulfonamides is 1. The Kier molecular flexibility index (Phi) is 4.80. The van der Waals surface area contributed by atoms with Crippen molar-refractivity contribution in [1.82, 2.24) is 4.72 Å². The van der Waals surface area contributed by atoms with Crippen LogP contribution in [-0.4, -0.2) is 45.7 Å². The van der Waals surface area contributed by atoms with Crippen molar-refractivity contribution in [3.8, 4) is 0 Å². The fourth-order valence-corrected chi connectivity index (χ4v) is 6.72. The van der Waals surface area contributed by atoms with Gasteiger partial charge in [0.25, 0.3) is 0 Å². The van der Waals surface area contributed by atoms with E-state index in [9.17, 15) is 16.8 Å². The van der Waals surface area contributed by atoms with E-state index in [1.54, 1.807) is 0 Å². The molecule has 1 fully saturated rings. The molecule has 0 saturated carbocycles. The molecule has 1 heterocycles. The van der Waals surface area contributed by atoms with Gasteiger partial charge in [0.05, 0.1) is 16.8 Å². The summed E-state index contributed by atoms with van der Waals surface area (Å²) >= 11 is 0. The van der Waals surface area contributed by atoms with Crippen molar-refractivity contribution in [1.29, 1.82) is 0 Å². The third kappa shape index (κ3) is 3.43. The van der Waals surface area contributed by atoms with Crippen LogP contribution in [-0.2, 0) is 19.9 Å². The summed E-state index contributed by atoms with van der Waals surface area (Å²) in [5, 5.41) is -0.841. The molecule has 1 atom stereocenters. The molecule has 0 aromatic carbocycles. The highest BCUT2D eigenvalue weighted by molar-refractivity contribution is 7.95. The Hall–Kier alpha value is -0.180. The fourth-order valence-electron chi connectivity index (χ4n) is 2.12.